The first kappa shape index (κ1) is 15.3. The van der Waals surface area contributed by atoms with E-state index in [0.717, 1.165) is 25.1 Å². The number of hydrogen-bond acceptors (Lipinski definition) is 4. The van der Waals surface area contributed by atoms with E-state index in [4.69, 9.17) is 0 Å². The summed E-state index contributed by atoms with van der Waals surface area (Å²) in [4.78, 5) is 23.2. The molecule has 4 N–H and O–H groups in total. The summed E-state index contributed by atoms with van der Waals surface area (Å²) in [5.41, 5.74) is 5.75. The van der Waals surface area contributed by atoms with Gasteiger partial charge in [0, 0.05) is 30.8 Å². The van der Waals surface area contributed by atoms with Gasteiger partial charge in [0.1, 0.15) is 11.6 Å². The normalized spacial score (nSPS) is 17.5. The number of halogens is 2. The second-order valence-electron chi connectivity index (χ2n) is 4.70. The molecular formula is C13H16F2N4O2. The Labute approximate surface area is 120 Å². The Kier molecular flexibility index (Phi) is 5.18. The molecule has 1 fully saturated rings. The molecule has 21 heavy (non-hydrogen) atoms. The zero-order valence-corrected chi connectivity index (χ0v) is 11.2. The summed E-state index contributed by atoms with van der Waals surface area (Å²) < 4.78 is 25.9. The highest BCUT2D eigenvalue weighted by Gasteiger charge is 2.15. The van der Waals surface area contributed by atoms with Crippen LogP contribution in [0.4, 0.5) is 8.78 Å². The monoisotopic (exact) mass is 298 g/mol. The van der Waals surface area contributed by atoms with E-state index in [-0.39, 0.29) is 24.1 Å². The molecule has 1 aromatic carbocycles. The lowest BCUT2D eigenvalue weighted by atomic mass is 10.2. The second kappa shape index (κ2) is 7.09. The summed E-state index contributed by atoms with van der Waals surface area (Å²) in [5, 5.41) is 4.96. The fraction of sp³-hybridized carbons (Fsp3) is 0.385. The van der Waals surface area contributed by atoms with E-state index in [1.165, 1.54) is 0 Å². The van der Waals surface area contributed by atoms with Gasteiger partial charge in [-0.05, 0) is 18.6 Å². The largest absolute Gasteiger partial charge is 0.353 e. The van der Waals surface area contributed by atoms with Crippen molar-refractivity contribution in [3.8, 4) is 0 Å². The molecule has 1 aliphatic rings. The van der Waals surface area contributed by atoms with E-state index in [9.17, 15) is 18.4 Å². The van der Waals surface area contributed by atoms with Crippen molar-refractivity contribution in [1.82, 2.24) is 21.5 Å². The number of carbonyl (C=O) groups is 2. The molecule has 0 aliphatic carbocycles. The van der Waals surface area contributed by atoms with Crippen LogP contribution in [-0.4, -0.2) is 37.5 Å². The van der Waals surface area contributed by atoms with Crippen LogP contribution in [-0.2, 0) is 4.79 Å². The molecule has 114 valence electrons. The third-order valence-corrected chi connectivity index (χ3v) is 3.00. The SMILES string of the molecule is O=C(CNC(=O)c1cc(F)cc(F)c1)NCC1CCNN1. The first-order chi connectivity index (χ1) is 10.0. The number of benzene rings is 1. The molecule has 6 nitrogen and oxygen atoms in total. The van der Waals surface area contributed by atoms with Crippen molar-refractivity contribution in [3.63, 3.8) is 0 Å². The molecule has 1 atom stereocenters. The molecular weight excluding hydrogens is 282 g/mol. The van der Waals surface area contributed by atoms with Crippen LogP contribution < -0.4 is 21.5 Å². The summed E-state index contributed by atoms with van der Waals surface area (Å²) >= 11 is 0. The zero-order valence-electron chi connectivity index (χ0n) is 11.2. The second-order valence-corrected chi connectivity index (χ2v) is 4.70. The standard InChI is InChI=1S/C13H16F2N4O2/c14-9-3-8(4-10(15)5-9)13(21)17-7-12(20)16-6-11-1-2-18-19-11/h3-5,11,18-19H,1-2,6-7H2,(H,16,20)(H,17,21). The van der Waals surface area contributed by atoms with E-state index in [1.54, 1.807) is 0 Å². The Hall–Kier alpha value is -2.06. The number of rotatable bonds is 5. The summed E-state index contributed by atoms with van der Waals surface area (Å²) in [6.45, 7) is 1.02. The number of hydrogen-bond donors (Lipinski definition) is 4. The minimum Gasteiger partial charge on any atom is -0.353 e. The van der Waals surface area contributed by atoms with Gasteiger partial charge >= 0.3 is 0 Å². The van der Waals surface area contributed by atoms with Crippen LogP contribution in [0.2, 0.25) is 0 Å². The highest BCUT2D eigenvalue weighted by Crippen LogP contribution is 2.07. The Morgan fingerprint density at radius 3 is 2.52 bits per heavy atom. The van der Waals surface area contributed by atoms with Crippen LogP contribution in [0.25, 0.3) is 0 Å². The van der Waals surface area contributed by atoms with Crippen molar-refractivity contribution in [2.24, 2.45) is 0 Å². The lowest BCUT2D eigenvalue weighted by Gasteiger charge is -2.11. The molecule has 2 rings (SSSR count). The lowest BCUT2D eigenvalue weighted by molar-refractivity contribution is -0.120. The molecule has 0 radical (unpaired) electrons. The summed E-state index contributed by atoms with van der Waals surface area (Å²) in [6, 6.07) is 2.64. The van der Waals surface area contributed by atoms with Gasteiger partial charge in [-0.3, -0.25) is 20.4 Å². The van der Waals surface area contributed by atoms with Crippen molar-refractivity contribution < 1.29 is 18.4 Å². The molecule has 2 amide bonds. The van der Waals surface area contributed by atoms with Crippen molar-refractivity contribution in [3.05, 3.63) is 35.4 Å². The number of carbonyl (C=O) groups excluding carboxylic acids is 2. The highest BCUT2D eigenvalue weighted by atomic mass is 19.1. The number of amides is 2. The van der Waals surface area contributed by atoms with Gasteiger partial charge < -0.3 is 10.6 Å². The quantitative estimate of drug-likeness (QED) is 0.600. The average Bonchev–Trinajstić information content (AvgIpc) is 2.94. The number of hydrazine groups is 1. The zero-order chi connectivity index (χ0) is 15.2. The molecule has 1 unspecified atom stereocenters. The van der Waals surface area contributed by atoms with Gasteiger partial charge in [-0.1, -0.05) is 0 Å². The third kappa shape index (κ3) is 4.76. The Bertz CT molecular complexity index is 513. The van der Waals surface area contributed by atoms with Crippen molar-refractivity contribution in [1.29, 1.82) is 0 Å². The van der Waals surface area contributed by atoms with E-state index in [0.29, 0.717) is 12.6 Å². The molecule has 0 aromatic heterocycles. The van der Waals surface area contributed by atoms with Gasteiger partial charge in [0.05, 0.1) is 6.54 Å². The predicted molar refractivity (Wildman–Crippen MR) is 71.2 cm³/mol. The maximum absolute atomic E-state index is 13.0. The van der Waals surface area contributed by atoms with E-state index in [1.807, 2.05) is 0 Å². The highest BCUT2D eigenvalue weighted by molar-refractivity contribution is 5.96. The number of nitrogens with one attached hydrogen (secondary N) is 4. The summed E-state index contributed by atoms with van der Waals surface area (Å²) in [7, 11) is 0. The Balaban J connectivity index is 1.76. The Morgan fingerprint density at radius 2 is 1.90 bits per heavy atom. The average molecular weight is 298 g/mol. The maximum Gasteiger partial charge on any atom is 0.251 e. The lowest BCUT2D eigenvalue weighted by Crippen LogP contribution is -2.43. The summed E-state index contributed by atoms with van der Waals surface area (Å²) in [6.07, 6.45) is 0.898. The molecule has 0 saturated carbocycles. The Morgan fingerprint density at radius 1 is 1.19 bits per heavy atom. The van der Waals surface area contributed by atoms with Crippen LogP contribution in [0.1, 0.15) is 16.8 Å². The smallest absolute Gasteiger partial charge is 0.251 e. The molecule has 1 heterocycles. The topological polar surface area (TPSA) is 82.3 Å². The third-order valence-electron chi connectivity index (χ3n) is 3.00. The summed E-state index contributed by atoms with van der Waals surface area (Å²) in [5.74, 6) is -2.76. The minimum absolute atomic E-state index is 0.155. The van der Waals surface area contributed by atoms with E-state index >= 15 is 0 Å². The van der Waals surface area contributed by atoms with Crippen LogP contribution in [0.5, 0.6) is 0 Å². The van der Waals surface area contributed by atoms with Crippen LogP contribution in [0, 0.1) is 11.6 Å². The van der Waals surface area contributed by atoms with Gasteiger partial charge in [0.25, 0.3) is 5.91 Å². The molecule has 1 aliphatic heterocycles. The van der Waals surface area contributed by atoms with Gasteiger partial charge in [-0.25, -0.2) is 8.78 Å². The van der Waals surface area contributed by atoms with Crippen LogP contribution in [0.3, 0.4) is 0 Å². The maximum atomic E-state index is 13.0. The van der Waals surface area contributed by atoms with E-state index in [2.05, 4.69) is 21.5 Å². The molecule has 1 aromatic rings. The molecule has 0 bridgehead atoms. The fourth-order valence-corrected chi connectivity index (χ4v) is 1.94. The van der Waals surface area contributed by atoms with Crippen molar-refractivity contribution >= 4 is 11.8 Å². The minimum atomic E-state index is -0.843. The van der Waals surface area contributed by atoms with Crippen molar-refractivity contribution in [2.45, 2.75) is 12.5 Å². The van der Waals surface area contributed by atoms with Gasteiger partial charge in [0.15, 0.2) is 0 Å². The first-order valence-corrected chi connectivity index (χ1v) is 6.54. The molecule has 8 heteroatoms. The molecule has 0 spiro atoms. The van der Waals surface area contributed by atoms with Crippen LogP contribution in [0.15, 0.2) is 18.2 Å². The molecule has 1 saturated heterocycles. The van der Waals surface area contributed by atoms with Crippen molar-refractivity contribution in [2.75, 3.05) is 19.6 Å². The van der Waals surface area contributed by atoms with Gasteiger partial charge in [0.2, 0.25) is 5.91 Å². The first-order valence-electron chi connectivity index (χ1n) is 6.54. The van der Waals surface area contributed by atoms with Gasteiger partial charge in [-0.2, -0.15) is 0 Å². The van der Waals surface area contributed by atoms with Crippen LogP contribution >= 0.6 is 0 Å². The van der Waals surface area contributed by atoms with Gasteiger partial charge in [-0.15, -0.1) is 0 Å². The predicted octanol–water partition coefficient (Wildman–Crippen LogP) is -0.323. The fourth-order valence-electron chi connectivity index (χ4n) is 1.94. The van der Waals surface area contributed by atoms with E-state index < -0.39 is 17.5 Å².